The molecule has 5 heteroatoms. The standard InChI is InChI=1S/C20H21NO3S/c1-24-20(23)18-15-10-6-3-7-11-16(15)25-19(18)21-17(22)13-12-14-8-4-2-5-9-14/h2,4-5,8-9,12-13H,3,6-7,10-11H2,1H3,(H,21,22). The number of hydrogen-bond acceptors (Lipinski definition) is 4. The van der Waals surface area contributed by atoms with E-state index in [1.165, 1.54) is 35.8 Å². The number of benzene rings is 1. The molecule has 0 bridgehead atoms. The third kappa shape index (κ3) is 4.17. The van der Waals surface area contributed by atoms with E-state index in [0.717, 1.165) is 36.8 Å². The van der Waals surface area contributed by atoms with Crippen LogP contribution < -0.4 is 5.32 Å². The molecule has 0 saturated heterocycles. The maximum atomic E-state index is 12.3. The first kappa shape index (κ1) is 17.4. The largest absolute Gasteiger partial charge is 0.465 e. The predicted molar refractivity (Wildman–Crippen MR) is 101 cm³/mol. The van der Waals surface area contributed by atoms with Gasteiger partial charge in [-0.3, -0.25) is 4.79 Å². The fraction of sp³-hybridized carbons (Fsp3) is 0.300. The lowest BCUT2D eigenvalue weighted by Crippen LogP contribution is -2.12. The highest BCUT2D eigenvalue weighted by Gasteiger charge is 2.25. The van der Waals surface area contributed by atoms with Crippen molar-refractivity contribution in [2.24, 2.45) is 0 Å². The van der Waals surface area contributed by atoms with Gasteiger partial charge in [0.05, 0.1) is 12.7 Å². The third-order valence-corrected chi connectivity index (χ3v) is 5.48. The van der Waals surface area contributed by atoms with Crippen LogP contribution in [0.3, 0.4) is 0 Å². The van der Waals surface area contributed by atoms with Crippen molar-refractivity contribution in [3.63, 3.8) is 0 Å². The van der Waals surface area contributed by atoms with Gasteiger partial charge in [-0.05, 0) is 42.9 Å². The predicted octanol–water partition coefficient (Wildman–Crippen LogP) is 4.46. The number of amides is 1. The highest BCUT2D eigenvalue weighted by atomic mass is 32.1. The molecule has 3 rings (SSSR count). The maximum Gasteiger partial charge on any atom is 0.341 e. The number of nitrogens with one attached hydrogen (secondary N) is 1. The zero-order chi connectivity index (χ0) is 17.6. The minimum absolute atomic E-state index is 0.245. The van der Waals surface area contributed by atoms with E-state index < -0.39 is 0 Å². The molecule has 130 valence electrons. The molecule has 0 unspecified atom stereocenters. The lowest BCUT2D eigenvalue weighted by atomic mass is 10.1. The van der Waals surface area contributed by atoms with Gasteiger partial charge in [-0.25, -0.2) is 4.79 Å². The summed E-state index contributed by atoms with van der Waals surface area (Å²) in [6.07, 6.45) is 8.42. The fourth-order valence-corrected chi connectivity index (χ4v) is 4.32. The quantitative estimate of drug-likeness (QED) is 0.501. The Balaban J connectivity index is 1.83. The first-order valence-electron chi connectivity index (χ1n) is 8.46. The fourth-order valence-electron chi connectivity index (χ4n) is 3.04. The van der Waals surface area contributed by atoms with E-state index in [1.54, 1.807) is 6.08 Å². The summed E-state index contributed by atoms with van der Waals surface area (Å²) in [5.74, 6) is -0.618. The molecule has 25 heavy (non-hydrogen) atoms. The molecule has 1 aliphatic rings. The van der Waals surface area contributed by atoms with Gasteiger partial charge >= 0.3 is 5.97 Å². The van der Waals surface area contributed by atoms with Crippen molar-refractivity contribution < 1.29 is 14.3 Å². The third-order valence-electron chi connectivity index (χ3n) is 4.27. The van der Waals surface area contributed by atoms with E-state index in [4.69, 9.17) is 4.74 Å². The van der Waals surface area contributed by atoms with E-state index in [-0.39, 0.29) is 11.9 Å². The minimum Gasteiger partial charge on any atom is -0.465 e. The summed E-state index contributed by atoms with van der Waals surface area (Å²) in [5.41, 5.74) is 2.54. The molecular formula is C20H21NO3S. The summed E-state index contributed by atoms with van der Waals surface area (Å²) < 4.78 is 4.95. The highest BCUT2D eigenvalue weighted by molar-refractivity contribution is 7.17. The molecule has 1 aromatic carbocycles. The van der Waals surface area contributed by atoms with Crippen LogP contribution in [0.1, 0.15) is 45.6 Å². The number of esters is 1. The van der Waals surface area contributed by atoms with Gasteiger partial charge in [0.2, 0.25) is 5.91 Å². The molecule has 1 heterocycles. The lowest BCUT2D eigenvalue weighted by molar-refractivity contribution is -0.111. The molecule has 0 radical (unpaired) electrons. The van der Waals surface area contributed by atoms with Crippen LogP contribution in [0.2, 0.25) is 0 Å². The van der Waals surface area contributed by atoms with Gasteiger partial charge in [0, 0.05) is 11.0 Å². The van der Waals surface area contributed by atoms with Gasteiger partial charge in [0.15, 0.2) is 0 Å². The summed E-state index contributed by atoms with van der Waals surface area (Å²) in [7, 11) is 1.38. The average Bonchev–Trinajstić information content (AvgIpc) is 2.81. The Labute approximate surface area is 151 Å². The molecule has 1 aliphatic carbocycles. The summed E-state index contributed by atoms with van der Waals surface area (Å²) in [5, 5.41) is 3.46. The maximum absolute atomic E-state index is 12.3. The van der Waals surface area contributed by atoms with E-state index in [1.807, 2.05) is 30.3 Å². The van der Waals surface area contributed by atoms with E-state index in [9.17, 15) is 9.59 Å². The smallest absolute Gasteiger partial charge is 0.341 e. The molecule has 1 N–H and O–H groups in total. The molecule has 0 fully saturated rings. The van der Waals surface area contributed by atoms with Crippen molar-refractivity contribution >= 4 is 34.3 Å². The van der Waals surface area contributed by atoms with Crippen LogP contribution in [0.4, 0.5) is 5.00 Å². The number of thiophene rings is 1. The van der Waals surface area contributed by atoms with Crippen LogP contribution in [-0.2, 0) is 22.4 Å². The number of carbonyl (C=O) groups excluding carboxylic acids is 2. The van der Waals surface area contributed by atoms with Gasteiger partial charge < -0.3 is 10.1 Å². The SMILES string of the molecule is COC(=O)c1c(NC(=O)C=Cc2ccccc2)sc2c1CCCCC2. The Morgan fingerprint density at radius 1 is 1.12 bits per heavy atom. The van der Waals surface area contributed by atoms with Gasteiger partial charge in [-0.2, -0.15) is 0 Å². The number of anilines is 1. The zero-order valence-corrected chi connectivity index (χ0v) is 15.0. The Morgan fingerprint density at radius 3 is 2.64 bits per heavy atom. The first-order chi connectivity index (χ1) is 12.2. The Bertz CT molecular complexity index is 793. The molecule has 0 atom stereocenters. The Hall–Kier alpha value is -2.40. The second-order valence-corrected chi connectivity index (χ2v) is 7.10. The molecule has 0 spiro atoms. The van der Waals surface area contributed by atoms with Crippen LogP contribution in [-0.4, -0.2) is 19.0 Å². The van der Waals surface area contributed by atoms with Gasteiger partial charge in [-0.1, -0.05) is 36.8 Å². The van der Waals surface area contributed by atoms with Gasteiger partial charge in [0.25, 0.3) is 0 Å². The van der Waals surface area contributed by atoms with Crippen LogP contribution in [0.25, 0.3) is 6.08 Å². The van der Waals surface area contributed by atoms with E-state index in [0.29, 0.717) is 10.6 Å². The van der Waals surface area contributed by atoms with Crippen molar-refractivity contribution in [3.05, 3.63) is 58.0 Å². The number of fused-ring (bicyclic) bond motifs is 1. The van der Waals surface area contributed by atoms with Crippen molar-refractivity contribution in [2.75, 3.05) is 12.4 Å². The van der Waals surface area contributed by atoms with Crippen LogP contribution in [0.15, 0.2) is 36.4 Å². The molecule has 4 nitrogen and oxygen atoms in total. The van der Waals surface area contributed by atoms with E-state index >= 15 is 0 Å². The molecule has 1 aromatic heterocycles. The number of aryl methyl sites for hydroxylation is 1. The van der Waals surface area contributed by atoms with Crippen molar-refractivity contribution in [1.29, 1.82) is 0 Å². The molecule has 0 aliphatic heterocycles. The summed E-state index contributed by atoms with van der Waals surface area (Å²) in [6, 6.07) is 9.62. The van der Waals surface area contributed by atoms with Crippen molar-refractivity contribution in [1.82, 2.24) is 0 Å². The zero-order valence-electron chi connectivity index (χ0n) is 14.2. The summed E-state index contributed by atoms with van der Waals surface area (Å²) >= 11 is 1.50. The summed E-state index contributed by atoms with van der Waals surface area (Å²) in [6.45, 7) is 0. The second-order valence-electron chi connectivity index (χ2n) is 5.99. The highest BCUT2D eigenvalue weighted by Crippen LogP contribution is 2.37. The Morgan fingerprint density at radius 2 is 1.88 bits per heavy atom. The molecular weight excluding hydrogens is 334 g/mol. The topological polar surface area (TPSA) is 55.4 Å². The van der Waals surface area contributed by atoms with Crippen molar-refractivity contribution in [2.45, 2.75) is 32.1 Å². The van der Waals surface area contributed by atoms with Crippen molar-refractivity contribution in [3.8, 4) is 0 Å². The first-order valence-corrected chi connectivity index (χ1v) is 9.27. The summed E-state index contributed by atoms with van der Waals surface area (Å²) in [4.78, 5) is 25.7. The van der Waals surface area contributed by atoms with Gasteiger partial charge in [0.1, 0.15) is 5.00 Å². The molecule has 1 amide bonds. The van der Waals surface area contributed by atoms with E-state index in [2.05, 4.69) is 5.32 Å². The monoisotopic (exact) mass is 355 g/mol. The minimum atomic E-state index is -0.373. The number of methoxy groups -OCH3 is 1. The number of ether oxygens (including phenoxy) is 1. The average molecular weight is 355 g/mol. The molecule has 0 saturated carbocycles. The number of carbonyl (C=O) groups is 2. The lowest BCUT2D eigenvalue weighted by Gasteiger charge is -2.06. The molecule has 2 aromatic rings. The van der Waals surface area contributed by atoms with Crippen LogP contribution in [0, 0.1) is 0 Å². The normalized spacial score (nSPS) is 14.0. The van der Waals surface area contributed by atoms with Gasteiger partial charge in [-0.15, -0.1) is 11.3 Å². The number of hydrogen-bond donors (Lipinski definition) is 1. The Kier molecular flexibility index (Phi) is 5.66. The number of rotatable bonds is 4. The van der Waals surface area contributed by atoms with Crippen LogP contribution >= 0.6 is 11.3 Å². The second kappa shape index (κ2) is 8.12. The van der Waals surface area contributed by atoms with Crippen LogP contribution in [0.5, 0.6) is 0 Å².